The molecule has 1 aromatic rings. The monoisotopic (exact) mass is 208 g/mol. The summed E-state index contributed by atoms with van der Waals surface area (Å²) in [6.07, 6.45) is 0.804. The summed E-state index contributed by atoms with van der Waals surface area (Å²) < 4.78 is 41.3. The maximum absolute atomic E-state index is 12.2. The predicted molar refractivity (Wildman–Crippen MR) is 38.3 cm³/mol. The molecule has 72 valence electrons. The van der Waals surface area contributed by atoms with E-state index in [-0.39, 0.29) is 5.56 Å². The van der Waals surface area contributed by atoms with Gasteiger partial charge in [0.2, 0.25) is 0 Å². The molecule has 0 aliphatic heterocycles. The van der Waals surface area contributed by atoms with E-state index in [1.54, 1.807) is 0 Å². The van der Waals surface area contributed by atoms with Crippen LogP contribution >= 0.6 is 0 Å². The molecule has 0 saturated heterocycles. The summed E-state index contributed by atoms with van der Waals surface area (Å²) >= 11 is 0. The van der Waals surface area contributed by atoms with Crippen LogP contribution in [0.4, 0.5) is 3.89 Å². The lowest BCUT2D eigenvalue weighted by atomic mass is 10.3. The van der Waals surface area contributed by atoms with Crippen molar-refractivity contribution in [1.29, 1.82) is 0 Å². The molecule has 5 nitrogen and oxygen atoms in total. The zero-order valence-electron chi connectivity index (χ0n) is 6.48. The summed E-state index contributed by atoms with van der Waals surface area (Å²) in [5.74, 6) is -0.793. The second-order valence-corrected chi connectivity index (χ2v) is 3.36. The van der Waals surface area contributed by atoms with Gasteiger partial charge in [0.15, 0.2) is 0 Å². The van der Waals surface area contributed by atoms with Gasteiger partial charge in [0.1, 0.15) is 6.26 Å². The number of hydrogen-bond donors (Lipinski definition) is 0. The average Bonchev–Trinajstić information content (AvgIpc) is 2.50. The predicted octanol–water partition coefficient (Wildman–Crippen LogP) is 0.724. The fourth-order valence-electron chi connectivity index (χ4n) is 0.669. The van der Waals surface area contributed by atoms with Gasteiger partial charge >= 0.3 is 16.2 Å². The van der Waals surface area contributed by atoms with Gasteiger partial charge in [-0.2, -0.15) is 8.42 Å². The molecule has 0 aliphatic rings. The van der Waals surface area contributed by atoms with E-state index in [9.17, 15) is 17.1 Å². The van der Waals surface area contributed by atoms with E-state index in [4.69, 9.17) is 0 Å². The van der Waals surface area contributed by atoms with E-state index in [0.717, 1.165) is 19.4 Å². The lowest BCUT2D eigenvalue weighted by Crippen LogP contribution is -1.98. The van der Waals surface area contributed by atoms with Crippen molar-refractivity contribution >= 4 is 16.2 Å². The maximum atomic E-state index is 12.2. The molecule has 7 heteroatoms. The lowest BCUT2D eigenvalue weighted by molar-refractivity contribution is 0.0600. The van der Waals surface area contributed by atoms with Crippen LogP contribution in [0.3, 0.4) is 0 Å². The highest BCUT2D eigenvalue weighted by molar-refractivity contribution is 7.86. The molecule has 0 saturated carbocycles. The number of esters is 1. The lowest BCUT2D eigenvalue weighted by Gasteiger charge is -1.89. The third kappa shape index (κ3) is 2.05. The molecule has 0 spiro atoms. The van der Waals surface area contributed by atoms with Crippen molar-refractivity contribution in [3.63, 3.8) is 0 Å². The molecule has 0 aliphatic carbocycles. The van der Waals surface area contributed by atoms with E-state index >= 15 is 0 Å². The number of carbonyl (C=O) groups is 1. The number of hydrogen-bond acceptors (Lipinski definition) is 5. The quantitative estimate of drug-likeness (QED) is 0.529. The smallest absolute Gasteiger partial charge is 0.365 e. The highest BCUT2D eigenvalue weighted by Gasteiger charge is 2.20. The summed E-state index contributed by atoms with van der Waals surface area (Å²) in [4.78, 5) is 10.8. The highest BCUT2D eigenvalue weighted by Crippen LogP contribution is 2.16. The molecule has 0 aromatic carbocycles. The van der Waals surface area contributed by atoms with Gasteiger partial charge in [-0.05, 0) is 0 Å². The Morgan fingerprint density at radius 3 is 2.62 bits per heavy atom. The van der Waals surface area contributed by atoms with Gasteiger partial charge in [0.25, 0.3) is 5.09 Å². The first-order chi connectivity index (χ1) is 5.95. The highest BCUT2D eigenvalue weighted by atomic mass is 32.3. The average molecular weight is 208 g/mol. The maximum Gasteiger partial charge on any atom is 0.365 e. The SMILES string of the molecule is COC(=O)c1coc(S(=O)(=O)F)c1. The Morgan fingerprint density at radius 1 is 1.62 bits per heavy atom. The third-order valence-corrected chi connectivity index (χ3v) is 1.93. The fraction of sp³-hybridized carbons (Fsp3) is 0.167. The van der Waals surface area contributed by atoms with Crippen LogP contribution in [0.25, 0.3) is 0 Å². The summed E-state index contributed by atoms with van der Waals surface area (Å²) in [7, 11) is -3.79. The van der Waals surface area contributed by atoms with Gasteiger partial charge in [0, 0.05) is 6.07 Å². The van der Waals surface area contributed by atoms with E-state index in [2.05, 4.69) is 9.15 Å². The summed E-state index contributed by atoms with van der Waals surface area (Å²) in [6, 6.07) is 0.751. The van der Waals surface area contributed by atoms with Gasteiger partial charge in [0.05, 0.1) is 12.7 Å². The topological polar surface area (TPSA) is 73.6 Å². The van der Waals surface area contributed by atoms with Crippen LogP contribution in [0, 0.1) is 0 Å². The summed E-state index contributed by atoms with van der Waals surface area (Å²) in [6.45, 7) is 0. The summed E-state index contributed by atoms with van der Waals surface area (Å²) in [5, 5.41) is -0.909. The van der Waals surface area contributed by atoms with E-state index in [0.29, 0.717) is 0 Å². The first-order valence-electron chi connectivity index (χ1n) is 3.06. The molecule has 0 radical (unpaired) electrons. The zero-order chi connectivity index (χ0) is 10.1. The Balaban J connectivity index is 3.07. The number of methoxy groups -OCH3 is 1. The number of ether oxygens (including phenoxy) is 1. The molecule has 1 aromatic heterocycles. The van der Waals surface area contributed by atoms with Crippen molar-refractivity contribution in [1.82, 2.24) is 0 Å². The molecule has 0 unspecified atom stereocenters. The summed E-state index contributed by atoms with van der Waals surface area (Å²) in [5.41, 5.74) is -0.154. The Labute approximate surface area is 73.3 Å². The molecular formula is C6H5FO5S. The minimum absolute atomic E-state index is 0.154. The van der Waals surface area contributed by atoms with Gasteiger partial charge in [-0.15, -0.1) is 0 Å². The molecule has 0 N–H and O–H groups in total. The third-order valence-electron chi connectivity index (χ3n) is 1.24. The van der Waals surface area contributed by atoms with Crippen molar-refractivity contribution in [3.05, 3.63) is 17.9 Å². The standard InChI is InChI=1S/C6H5FO5S/c1-11-6(8)4-2-5(12-3-4)13(7,9)10/h2-3H,1H3. The van der Waals surface area contributed by atoms with Crippen LogP contribution in [0.15, 0.2) is 21.8 Å². The van der Waals surface area contributed by atoms with E-state index < -0.39 is 21.3 Å². The zero-order valence-corrected chi connectivity index (χ0v) is 7.30. The van der Waals surface area contributed by atoms with E-state index in [1.165, 1.54) is 0 Å². The van der Waals surface area contributed by atoms with Gasteiger partial charge < -0.3 is 9.15 Å². The van der Waals surface area contributed by atoms with Crippen molar-refractivity contribution in [3.8, 4) is 0 Å². The largest absolute Gasteiger partial charge is 0.465 e. The second kappa shape index (κ2) is 3.17. The molecule has 1 rings (SSSR count). The molecule has 0 amide bonds. The normalized spacial score (nSPS) is 11.2. The van der Waals surface area contributed by atoms with Crippen LogP contribution in [-0.2, 0) is 15.0 Å². The van der Waals surface area contributed by atoms with E-state index in [1.807, 2.05) is 0 Å². The van der Waals surface area contributed by atoms with Gasteiger partial charge in [-0.3, -0.25) is 0 Å². The number of carbonyl (C=O) groups excluding carboxylic acids is 1. The number of rotatable bonds is 2. The molecular weight excluding hydrogens is 203 g/mol. The minimum atomic E-state index is -4.90. The molecule has 0 atom stereocenters. The Hall–Kier alpha value is -1.37. The molecule has 13 heavy (non-hydrogen) atoms. The van der Waals surface area contributed by atoms with Gasteiger partial charge in [-0.1, -0.05) is 3.89 Å². The van der Waals surface area contributed by atoms with Crippen molar-refractivity contribution in [2.75, 3.05) is 7.11 Å². The first-order valence-corrected chi connectivity index (χ1v) is 4.45. The van der Waals surface area contributed by atoms with Crippen molar-refractivity contribution in [2.24, 2.45) is 0 Å². The molecule has 1 heterocycles. The molecule has 0 fully saturated rings. The van der Waals surface area contributed by atoms with Crippen LogP contribution in [0.2, 0.25) is 0 Å². The second-order valence-electron chi connectivity index (χ2n) is 2.08. The van der Waals surface area contributed by atoms with Crippen molar-refractivity contribution < 1.29 is 26.3 Å². The fourth-order valence-corrected chi connectivity index (χ4v) is 1.10. The minimum Gasteiger partial charge on any atom is -0.465 e. The number of furan rings is 1. The van der Waals surface area contributed by atoms with Crippen molar-refractivity contribution in [2.45, 2.75) is 5.09 Å². The van der Waals surface area contributed by atoms with Crippen LogP contribution < -0.4 is 0 Å². The number of halogens is 1. The Morgan fingerprint density at radius 2 is 2.23 bits per heavy atom. The van der Waals surface area contributed by atoms with Crippen LogP contribution in [-0.4, -0.2) is 21.5 Å². The van der Waals surface area contributed by atoms with Crippen LogP contribution in [0.5, 0.6) is 0 Å². The van der Waals surface area contributed by atoms with Crippen LogP contribution in [0.1, 0.15) is 10.4 Å². The van der Waals surface area contributed by atoms with Gasteiger partial charge in [-0.25, -0.2) is 4.79 Å². The molecule has 0 bridgehead atoms. The Kier molecular flexibility index (Phi) is 2.37. The Bertz CT molecular complexity index is 418. The first kappa shape index (κ1) is 9.72.